The van der Waals surface area contributed by atoms with Gasteiger partial charge in [0.1, 0.15) is 0 Å². The second-order valence-corrected chi connectivity index (χ2v) is 6.95. The first-order valence-corrected chi connectivity index (χ1v) is 10.0. The summed E-state index contributed by atoms with van der Waals surface area (Å²) in [6.07, 6.45) is 8.50. The summed E-state index contributed by atoms with van der Waals surface area (Å²) in [4.78, 5) is 21.4. The molecule has 0 bridgehead atoms. The third-order valence-corrected chi connectivity index (χ3v) is 4.91. The molecule has 0 saturated carbocycles. The molecule has 0 unspecified atom stereocenters. The van der Waals surface area contributed by atoms with Crippen LogP contribution in [-0.4, -0.2) is 43.7 Å². The maximum Gasteiger partial charge on any atom is 0.305 e. The standard InChI is InChI=1S/C18H32N4O2S.HI/c1-4-15-14-22-16(25-15)11-13-21-18(19-5-2)20-12-9-7-6-8-10-17(23)24-3;/h14H,4-13H2,1-3H3,(H2,19,20,21);1H. The van der Waals surface area contributed by atoms with Gasteiger partial charge in [-0.25, -0.2) is 4.98 Å². The first-order valence-electron chi connectivity index (χ1n) is 9.22. The van der Waals surface area contributed by atoms with Gasteiger partial charge < -0.3 is 15.4 Å². The maximum atomic E-state index is 11.0. The predicted octanol–water partition coefficient (Wildman–Crippen LogP) is 3.54. The van der Waals surface area contributed by atoms with Crippen LogP contribution in [0, 0.1) is 0 Å². The Labute approximate surface area is 178 Å². The van der Waals surface area contributed by atoms with Crippen LogP contribution in [0.2, 0.25) is 0 Å². The molecule has 1 aromatic rings. The lowest BCUT2D eigenvalue weighted by Crippen LogP contribution is -2.38. The monoisotopic (exact) mass is 496 g/mol. The number of ether oxygens (including phenoxy) is 1. The quantitative estimate of drug-likeness (QED) is 0.152. The van der Waals surface area contributed by atoms with Gasteiger partial charge in [0.2, 0.25) is 0 Å². The zero-order valence-electron chi connectivity index (χ0n) is 16.2. The molecule has 150 valence electrons. The average molecular weight is 496 g/mol. The summed E-state index contributed by atoms with van der Waals surface area (Å²) in [7, 11) is 1.43. The zero-order chi connectivity index (χ0) is 18.3. The van der Waals surface area contributed by atoms with E-state index in [1.165, 1.54) is 17.0 Å². The number of aryl methyl sites for hydroxylation is 1. The Balaban J connectivity index is 0.00000625. The summed E-state index contributed by atoms with van der Waals surface area (Å²) in [5.41, 5.74) is 0. The summed E-state index contributed by atoms with van der Waals surface area (Å²) >= 11 is 1.79. The number of hydrogen-bond acceptors (Lipinski definition) is 5. The summed E-state index contributed by atoms with van der Waals surface area (Å²) < 4.78 is 4.63. The van der Waals surface area contributed by atoms with Gasteiger partial charge in [0.05, 0.1) is 12.1 Å². The number of rotatable bonds is 12. The average Bonchev–Trinajstić information content (AvgIpc) is 3.08. The number of aromatic nitrogens is 1. The van der Waals surface area contributed by atoms with Crippen molar-refractivity contribution in [3.63, 3.8) is 0 Å². The highest BCUT2D eigenvalue weighted by Crippen LogP contribution is 2.13. The highest BCUT2D eigenvalue weighted by molar-refractivity contribution is 14.0. The van der Waals surface area contributed by atoms with E-state index in [0.717, 1.165) is 64.1 Å². The first kappa shape index (κ1) is 25.1. The van der Waals surface area contributed by atoms with Gasteiger partial charge in [0, 0.05) is 43.5 Å². The number of aliphatic imine (C=N–C) groups is 1. The number of thiazole rings is 1. The molecule has 2 N–H and O–H groups in total. The van der Waals surface area contributed by atoms with E-state index in [2.05, 4.69) is 39.2 Å². The molecule has 0 aliphatic carbocycles. The van der Waals surface area contributed by atoms with Gasteiger partial charge in [-0.1, -0.05) is 19.8 Å². The number of methoxy groups -OCH3 is 1. The van der Waals surface area contributed by atoms with Gasteiger partial charge in [-0.15, -0.1) is 35.3 Å². The highest BCUT2D eigenvalue weighted by Gasteiger charge is 2.02. The third-order valence-electron chi connectivity index (χ3n) is 3.71. The van der Waals surface area contributed by atoms with Gasteiger partial charge in [0.25, 0.3) is 0 Å². The van der Waals surface area contributed by atoms with E-state index in [1.54, 1.807) is 11.3 Å². The SMILES string of the molecule is CCNC(=NCCCCCCC(=O)OC)NCCc1ncc(CC)s1.I. The van der Waals surface area contributed by atoms with Crippen molar-refractivity contribution < 1.29 is 9.53 Å². The number of esters is 1. The van der Waals surface area contributed by atoms with Crippen molar-refractivity contribution in [3.05, 3.63) is 16.1 Å². The minimum atomic E-state index is -0.122. The lowest BCUT2D eigenvalue weighted by Gasteiger charge is -2.10. The third kappa shape index (κ3) is 11.7. The second-order valence-electron chi connectivity index (χ2n) is 5.75. The Morgan fingerprint density at radius 1 is 1.23 bits per heavy atom. The Hall–Kier alpha value is -0.900. The lowest BCUT2D eigenvalue weighted by atomic mass is 10.1. The van der Waals surface area contributed by atoms with Crippen LogP contribution in [-0.2, 0) is 22.4 Å². The minimum Gasteiger partial charge on any atom is -0.469 e. The maximum absolute atomic E-state index is 11.0. The number of hydrogen-bond donors (Lipinski definition) is 2. The molecule has 8 heteroatoms. The van der Waals surface area contributed by atoms with E-state index >= 15 is 0 Å². The molecule has 0 aromatic carbocycles. The molecule has 1 aromatic heterocycles. The smallest absolute Gasteiger partial charge is 0.305 e. The van der Waals surface area contributed by atoms with Crippen LogP contribution < -0.4 is 10.6 Å². The van der Waals surface area contributed by atoms with Crippen molar-refractivity contribution in [3.8, 4) is 0 Å². The Kier molecular flexibility index (Phi) is 15.7. The van der Waals surface area contributed by atoms with Gasteiger partial charge in [-0.05, 0) is 26.2 Å². The Bertz CT molecular complexity index is 523. The number of unbranched alkanes of at least 4 members (excludes halogenated alkanes) is 3. The molecule has 0 radical (unpaired) electrons. The Morgan fingerprint density at radius 2 is 2.00 bits per heavy atom. The number of nitrogens with one attached hydrogen (secondary N) is 2. The molecule has 6 nitrogen and oxygen atoms in total. The van der Waals surface area contributed by atoms with Crippen molar-refractivity contribution in [1.29, 1.82) is 0 Å². The number of nitrogens with zero attached hydrogens (tertiary/aromatic N) is 2. The lowest BCUT2D eigenvalue weighted by molar-refractivity contribution is -0.140. The van der Waals surface area contributed by atoms with E-state index in [0.29, 0.717) is 6.42 Å². The fraction of sp³-hybridized carbons (Fsp3) is 0.722. The largest absolute Gasteiger partial charge is 0.469 e. The van der Waals surface area contributed by atoms with E-state index in [9.17, 15) is 4.79 Å². The van der Waals surface area contributed by atoms with E-state index < -0.39 is 0 Å². The van der Waals surface area contributed by atoms with Gasteiger partial charge >= 0.3 is 5.97 Å². The molecule has 1 heterocycles. The van der Waals surface area contributed by atoms with Gasteiger partial charge in [0.15, 0.2) is 5.96 Å². The van der Waals surface area contributed by atoms with E-state index in [4.69, 9.17) is 0 Å². The van der Waals surface area contributed by atoms with Crippen LogP contribution in [0.3, 0.4) is 0 Å². The highest BCUT2D eigenvalue weighted by atomic mass is 127. The van der Waals surface area contributed by atoms with Gasteiger partial charge in [-0.2, -0.15) is 0 Å². The fourth-order valence-electron chi connectivity index (χ4n) is 2.28. The molecule has 0 aliphatic heterocycles. The van der Waals surface area contributed by atoms with Crippen molar-refractivity contribution in [1.82, 2.24) is 15.6 Å². The number of carbonyl (C=O) groups excluding carboxylic acids is 1. The van der Waals surface area contributed by atoms with Crippen LogP contribution in [0.5, 0.6) is 0 Å². The topological polar surface area (TPSA) is 75.6 Å². The molecule has 0 spiro atoms. The van der Waals surface area contributed by atoms with Crippen molar-refractivity contribution in [2.75, 3.05) is 26.7 Å². The van der Waals surface area contributed by atoms with Gasteiger partial charge in [-0.3, -0.25) is 9.79 Å². The Morgan fingerprint density at radius 3 is 2.65 bits per heavy atom. The second kappa shape index (κ2) is 16.3. The summed E-state index contributed by atoms with van der Waals surface area (Å²) in [6, 6.07) is 0. The number of guanidine groups is 1. The molecule has 0 amide bonds. The minimum absolute atomic E-state index is 0. The molecule has 26 heavy (non-hydrogen) atoms. The molecular formula is C18H33IN4O2S. The van der Waals surface area contributed by atoms with Crippen LogP contribution in [0.25, 0.3) is 0 Å². The predicted molar refractivity (Wildman–Crippen MR) is 120 cm³/mol. The number of halogens is 1. The van der Waals surface area contributed by atoms with Crippen LogP contribution in [0.15, 0.2) is 11.2 Å². The zero-order valence-corrected chi connectivity index (χ0v) is 19.3. The van der Waals surface area contributed by atoms with Crippen LogP contribution >= 0.6 is 35.3 Å². The van der Waals surface area contributed by atoms with Crippen LogP contribution in [0.1, 0.15) is 55.8 Å². The van der Waals surface area contributed by atoms with E-state index in [-0.39, 0.29) is 29.9 Å². The molecule has 0 fully saturated rings. The van der Waals surface area contributed by atoms with Crippen molar-refractivity contribution in [2.24, 2.45) is 4.99 Å². The first-order chi connectivity index (χ1) is 12.2. The normalized spacial score (nSPS) is 11.0. The number of carbonyl (C=O) groups is 1. The summed E-state index contributed by atoms with van der Waals surface area (Å²) in [5.74, 6) is 0.743. The molecule has 1 rings (SSSR count). The van der Waals surface area contributed by atoms with Crippen molar-refractivity contribution in [2.45, 2.75) is 58.8 Å². The molecule has 0 atom stereocenters. The van der Waals surface area contributed by atoms with Crippen LogP contribution in [0.4, 0.5) is 0 Å². The van der Waals surface area contributed by atoms with E-state index in [1.807, 2.05) is 6.20 Å². The fourth-order valence-corrected chi connectivity index (χ4v) is 3.15. The molecular weight excluding hydrogens is 463 g/mol. The molecule has 0 aliphatic rings. The summed E-state index contributed by atoms with van der Waals surface area (Å²) in [5, 5.41) is 7.81. The van der Waals surface area contributed by atoms with Crippen molar-refractivity contribution >= 4 is 47.2 Å². The summed E-state index contributed by atoms with van der Waals surface area (Å²) in [6.45, 7) is 6.70. The molecule has 0 saturated heterocycles.